The van der Waals surface area contributed by atoms with E-state index in [1.807, 2.05) is 19.9 Å². The summed E-state index contributed by atoms with van der Waals surface area (Å²) in [7, 11) is 0. The maximum absolute atomic E-state index is 12.3. The normalized spacial score (nSPS) is 10.3. The van der Waals surface area contributed by atoms with E-state index in [-0.39, 0.29) is 11.8 Å². The number of benzene rings is 1. The van der Waals surface area contributed by atoms with Gasteiger partial charge in [-0.25, -0.2) is 0 Å². The minimum atomic E-state index is -0.293. The molecule has 1 aromatic carbocycles. The fourth-order valence-electron chi connectivity index (χ4n) is 1.63. The summed E-state index contributed by atoms with van der Waals surface area (Å²) in [6, 6.07) is 7.14. The number of anilines is 1. The third-order valence-electron chi connectivity index (χ3n) is 2.62. The van der Waals surface area contributed by atoms with Crippen molar-refractivity contribution in [3.8, 4) is 6.07 Å². The van der Waals surface area contributed by atoms with Crippen molar-refractivity contribution in [2.75, 3.05) is 5.32 Å². The molecule has 7 heteroatoms. The summed E-state index contributed by atoms with van der Waals surface area (Å²) in [5.41, 5.74) is 1.54. The number of nitrogens with zero attached hydrogens (tertiary/aromatic N) is 3. The average Bonchev–Trinajstić information content (AvgIpc) is 2.88. The number of amides is 1. The Morgan fingerprint density at radius 1 is 1.50 bits per heavy atom. The molecule has 0 unspecified atom stereocenters. The molecular formula is C13H11BrN4OS. The van der Waals surface area contributed by atoms with Crippen molar-refractivity contribution in [2.24, 2.45) is 0 Å². The molecule has 20 heavy (non-hydrogen) atoms. The van der Waals surface area contributed by atoms with E-state index in [2.05, 4.69) is 30.8 Å². The van der Waals surface area contributed by atoms with Gasteiger partial charge in [0.2, 0.25) is 0 Å². The summed E-state index contributed by atoms with van der Waals surface area (Å²) in [5, 5.41) is 15.8. The van der Waals surface area contributed by atoms with E-state index in [1.165, 1.54) is 0 Å². The number of nitrogens with one attached hydrogen (secondary N) is 1. The zero-order valence-corrected chi connectivity index (χ0v) is 13.2. The van der Waals surface area contributed by atoms with Crippen LogP contribution in [0.3, 0.4) is 0 Å². The molecular weight excluding hydrogens is 340 g/mol. The second-order valence-electron chi connectivity index (χ2n) is 4.40. The summed E-state index contributed by atoms with van der Waals surface area (Å²) in [6.07, 6.45) is 0. The van der Waals surface area contributed by atoms with Crippen LogP contribution in [0.25, 0.3) is 0 Å². The number of rotatable bonds is 3. The minimum absolute atomic E-state index is 0.118. The fraction of sp³-hybridized carbons (Fsp3) is 0.231. The van der Waals surface area contributed by atoms with Crippen molar-refractivity contribution in [2.45, 2.75) is 19.8 Å². The van der Waals surface area contributed by atoms with Crippen LogP contribution in [-0.4, -0.2) is 15.5 Å². The second kappa shape index (κ2) is 6.11. The van der Waals surface area contributed by atoms with E-state index in [4.69, 9.17) is 5.26 Å². The summed E-state index contributed by atoms with van der Waals surface area (Å²) < 4.78 is 4.61. The predicted octanol–water partition coefficient (Wildman–Crippen LogP) is 3.55. The molecule has 1 amide bonds. The largest absolute Gasteiger partial charge is 0.320 e. The molecule has 1 N–H and O–H groups in total. The van der Waals surface area contributed by atoms with Crippen molar-refractivity contribution in [3.05, 3.63) is 38.8 Å². The molecule has 0 spiro atoms. The highest BCUT2D eigenvalue weighted by molar-refractivity contribution is 9.10. The predicted molar refractivity (Wildman–Crippen MR) is 80.8 cm³/mol. The van der Waals surface area contributed by atoms with Gasteiger partial charge in [-0.15, -0.1) is 5.10 Å². The lowest BCUT2D eigenvalue weighted by Gasteiger charge is -2.08. The van der Waals surface area contributed by atoms with Crippen molar-refractivity contribution in [3.63, 3.8) is 0 Å². The minimum Gasteiger partial charge on any atom is -0.320 e. The first kappa shape index (κ1) is 14.6. The zero-order chi connectivity index (χ0) is 14.7. The number of nitriles is 1. The molecule has 0 saturated carbocycles. The van der Waals surface area contributed by atoms with Crippen LogP contribution in [0, 0.1) is 11.3 Å². The highest BCUT2D eigenvalue weighted by Gasteiger charge is 2.19. The first-order valence-corrected chi connectivity index (χ1v) is 7.42. The Bertz CT molecular complexity index is 690. The molecule has 102 valence electrons. The van der Waals surface area contributed by atoms with Crippen molar-refractivity contribution >= 4 is 39.1 Å². The molecule has 0 radical (unpaired) electrons. The average molecular weight is 351 g/mol. The number of hydrogen-bond donors (Lipinski definition) is 1. The molecule has 1 aromatic heterocycles. The number of carbonyl (C=O) groups is 1. The van der Waals surface area contributed by atoms with Crippen LogP contribution in [0.2, 0.25) is 0 Å². The number of aromatic nitrogens is 2. The highest BCUT2D eigenvalue weighted by Crippen LogP contribution is 2.24. The second-order valence-corrected chi connectivity index (χ2v) is 6.07. The Hall–Kier alpha value is -1.78. The van der Waals surface area contributed by atoms with Gasteiger partial charge in [0, 0.05) is 4.47 Å². The highest BCUT2D eigenvalue weighted by atomic mass is 79.9. The summed E-state index contributed by atoms with van der Waals surface area (Å²) in [6.45, 7) is 3.90. The molecule has 0 saturated heterocycles. The lowest BCUT2D eigenvalue weighted by Crippen LogP contribution is -2.14. The lowest BCUT2D eigenvalue weighted by atomic mass is 10.1. The molecule has 0 fully saturated rings. The third kappa shape index (κ3) is 3.03. The summed E-state index contributed by atoms with van der Waals surface area (Å²) in [5.74, 6) is -0.175. The molecule has 2 rings (SSSR count). The number of halogens is 1. The summed E-state index contributed by atoms with van der Waals surface area (Å²) in [4.78, 5) is 12.8. The topological polar surface area (TPSA) is 78.7 Å². The standard InChI is InChI=1S/C13H11BrN4OS/c1-7(2)11-12(20-18-17-11)13(19)16-10-5-9(14)4-3-8(10)6-15/h3-5,7H,1-2H3,(H,16,19). The van der Waals surface area contributed by atoms with Crippen LogP contribution in [0.1, 0.15) is 40.7 Å². The molecule has 2 aromatic rings. The molecule has 0 aliphatic carbocycles. The van der Waals surface area contributed by atoms with Gasteiger partial charge >= 0.3 is 0 Å². The Kier molecular flexibility index (Phi) is 4.47. The van der Waals surface area contributed by atoms with Crippen molar-refractivity contribution < 1.29 is 4.79 Å². The van der Waals surface area contributed by atoms with Crippen LogP contribution < -0.4 is 5.32 Å². The van der Waals surface area contributed by atoms with Crippen LogP contribution in [0.15, 0.2) is 22.7 Å². The third-order valence-corrected chi connectivity index (χ3v) is 3.85. The number of carbonyl (C=O) groups excluding carboxylic acids is 1. The van der Waals surface area contributed by atoms with Crippen LogP contribution in [0.5, 0.6) is 0 Å². The monoisotopic (exact) mass is 350 g/mol. The van der Waals surface area contributed by atoms with Gasteiger partial charge in [0.15, 0.2) is 0 Å². The van der Waals surface area contributed by atoms with Gasteiger partial charge in [-0.05, 0) is 35.6 Å². The van der Waals surface area contributed by atoms with Crippen molar-refractivity contribution in [1.82, 2.24) is 9.59 Å². The smallest absolute Gasteiger partial charge is 0.269 e. The summed E-state index contributed by atoms with van der Waals surface area (Å²) >= 11 is 4.37. The Morgan fingerprint density at radius 3 is 2.90 bits per heavy atom. The van der Waals surface area contributed by atoms with Gasteiger partial charge in [-0.3, -0.25) is 4.79 Å². The first-order valence-electron chi connectivity index (χ1n) is 5.86. The molecule has 0 atom stereocenters. The van der Waals surface area contributed by atoms with Crippen LogP contribution >= 0.6 is 27.5 Å². The fourth-order valence-corrected chi connectivity index (χ4v) is 2.70. The van der Waals surface area contributed by atoms with Gasteiger partial charge in [0.25, 0.3) is 5.91 Å². The van der Waals surface area contributed by atoms with E-state index in [0.29, 0.717) is 21.8 Å². The number of hydrogen-bond acceptors (Lipinski definition) is 5. The lowest BCUT2D eigenvalue weighted by molar-refractivity contribution is 0.102. The van der Waals surface area contributed by atoms with Gasteiger partial charge < -0.3 is 5.32 Å². The quantitative estimate of drug-likeness (QED) is 0.917. The van der Waals surface area contributed by atoms with Gasteiger partial charge in [0.05, 0.1) is 16.9 Å². The van der Waals surface area contributed by atoms with Gasteiger partial charge in [-0.2, -0.15) is 5.26 Å². The van der Waals surface area contributed by atoms with Crippen LogP contribution in [-0.2, 0) is 0 Å². The molecule has 0 aliphatic heterocycles. The maximum atomic E-state index is 12.3. The van der Waals surface area contributed by atoms with Gasteiger partial charge in [0.1, 0.15) is 10.9 Å². The van der Waals surface area contributed by atoms with E-state index in [1.54, 1.807) is 18.2 Å². The first-order chi connectivity index (χ1) is 9.52. The van der Waals surface area contributed by atoms with Gasteiger partial charge in [-0.1, -0.05) is 34.3 Å². The molecule has 5 nitrogen and oxygen atoms in total. The molecule has 1 heterocycles. The zero-order valence-electron chi connectivity index (χ0n) is 10.8. The molecule has 0 bridgehead atoms. The molecule has 0 aliphatic rings. The Labute approximate surface area is 128 Å². The van der Waals surface area contributed by atoms with E-state index in [0.717, 1.165) is 16.0 Å². The van der Waals surface area contributed by atoms with Crippen molar-refractivity contribution in [1.29, 1.82) is 5.26 Å². The van der Waals surface area contributed by atoms with E-state index >= 15 is 0 Å². The SMILES string of the molecule is CC(C)c1nnsc1C(=O)Nc1cc(Br)ccc1C#N. The van der Waals surface area contributed by atoms with E-state index < -0.39 is 0 Å². The Balaban J connectivity index is 2.31. The maximum Gasteiger partial charge on any atom is 0.269 e. The van der Waals surface area contributed by atoms with E-state index in [9.17, 15) is 4.79 Å². The Morgan fingerprint density at radius 2 is 2.25 bits per heavy atom. The van der Waals surface area contributed by atoms with Crippen LogP contribution in [0.4, 0.5) is 5.69 Å².